The molecule has 3 rings (SSSR count). The van der Waals surface area contributed by atoms with E-state index in [9.17, 15) is 0 Å². The van der Waals surface area contributed by atoms with Crippen molar-refractivity contribution >= 4 is 40.1 Å². The van der Waals surface area contributed by atoms with Crippen LogP contribution in [0.25, 0.3) is 0 Å². The fraction of sp³-hybridized carbons (Fsp3) is 0.533. The van der Waals surface area contributed by atoms with Gasteiger partial charge in [0.15, 0.2) is 5.17 Å². The van der Waals surface area contributed by atoms with E-state index in [1.54, 1.807) is 6.07 Å². The normalized spacial score (nSPS) is 24.2. The van der Waals surface area contributed by atoms with Gasteiger partial charge in [0.05, 0.1) is 6.04 Å². The van der Waals surface area contributed by atoms with Crippen LogP contribution in [0, 0.1) is 0 Å². The highest BCUT2D eigenvalue weighted by Crippen LogP contribution is 2.38. The number of hydrogen-bond donors (Lipinski definition) is 1. The lowest BCUT2D eigenvalue weighted by Gasteiger charge is -2.22. The fourth-order valence-electron chi connectivity index (χ4n) is 2.98. The van der Waals surface area contributed by atoms with Gasteiger partial charge in [0, 0.05) is 21.3 Å². The van der Waals surface area contributed by atoms with Crippen molar-refractivity contribution in [2.24, 2.45) is 4.99 Å². The zero-order chi connectivity index (χ0) is 14.2. The lowest BCUT2D eigenvalue weighted by atomic mass is 10.0. The summed E-state index contributed by atoms with van der Waals surface area (Å²) in [5.41, 5.74) is 1.34. The smallest absolute Gasteiger partial charge is 0.157 e. The lowest BCUT2D eigenvalue weighted by Crippen LogP contribution is -2.40. The first-order valence-corrected chi connectivity index (χ1v) is 8.76. The van der Waals surface area contributed by atoms with Crippen molar-refractivity contribution in [2.45, 2.75) is 44.2 Å². The van der Waals surface area contributed by atoms with Gasteiger partial charge in [-0.1, -0.05) is 53.9 Å². The minimum Gasteiger partial charge on any atom is -0.359 e. The first kappa shape index (κ1) is 14.6. The van der Waals surface area contributed by atoms with Gasteiger partial charge in [-0.05, 0) is 37.5 Å². The van der Waals surface area contributed by atoms with Crippen LogP contribution in [-0.2, 0) is 0 Å². The van der Waals surface area contributed by atoms with Crippen molar-refractivity contribution in [3.8, 4) is 0 Å². The van der Waals surface area contributed by atoms with E-state index in [-0.39, 0.29) is 6.04 Å². The number of nitrogens with zero attached hydrogens (tertiary/aromatic N) is 1. The van der Waals surface area contributed by atoms with Crippen LogP contribution in [0.3, 0.4) is 0 Å². The second kappa shape index (κ2) is 5.78. The van der Waals surface area contributed by atoms with Gasteiger partial charge in [0.2, 0.25) is 0 Å². The molecule has 0 bridgehead atoms. The molecule has 2 nitrogen and oxygen atoms in total. The molecule has 1 atom stereocenters. The third-order valence-electron chi connectivity index (χ3n) is 4.14. The molecule has 1 saturated heterocycles. The molecule has 0 amide bonds. The molecule has 1 heterocycles. The highest BCUT2D eigenvalue weighted by molar-refractivity contribution is 8.14. The zero-order valence-electron chi connectivity index (χ0n) is 11.5. The second-order valence-electron chi connectivity index (χ2n) is 5.68. The number of amidine groups is 1. The Morgan fingerprint density at radius 1 is 1.30 bits per heavy atom. The van der Waals surface area contributed by atoms with E-state index in [4.69, 9.17) is 28.2 Å². The first-order chi connectivity index (χ1) is 9.58. The number of thioether (sulfide) groups is 1. The lowest BCUT2D eigenvalue weighted by molar-refractivity contribution is 0.452. The van der Waals surface area contributed by atoms with Crippen molar-refractivity contribution in [3.05, 3.63) is 33.8 Å². The van der Waals surface area contributed by atoms with Crippen LogP contribution in [0.15, 0.2) is 23.2 Å². The molecule has 1 aliphatic heterocycles. The standard InChI is InChI=1S/C15H18Cl2N2S/c1-10(12-5-4-11(16)8-13(12)17)18-14-19-15(9-20-14)6-2-3-7-15/h4-5,8,10H,2-3,6-7,9H2,1H3,(H,18,19). The molecular weight excluding hydrogens is 311 g/mol. The predicted octanol–water partition coefficient (Wildman–Crippen LogP) is 5.06. The van der Waals surface area contributed by atoms with Crippen molar-refractivity contribution in [1.29, 1.82) is 0 Å². The van der Waals surface area contributed by atoms with Crippen molar-refractivity contribution in [3.63, 3.8) is 0 Å². The number of aliphatic imine (C=N–C) groups is 1. The molecular formula is C15H18Cl2N2S. The maximum absolute atomic E-state index is 6.25. The van der Waals surface area contributed by atoms with Crippen LogP contribution in [0.2, 0.25) is 10.0 Å². The van der Waals surface area contributed by atoms with Crippen molar-refractivity contribution < 1.29 is 0 Å². The maximum atomic E-state index is 6.25. The summed E-state index contributed by atoms with van der Waals surface area (Å²) in [6.45, 7) is 2.07. The minimum absolute atomic E-state index is 0.0475. The summed E-state index contributed by atoms with van der Waals surface area (Å²) in [5.74, 6) is 1.15. The van der Waals surface area contributed by atoms with E-state index < -0.39 is 0 Å². The minimum atomic E-state index is 0.0475. The van der Waals surface area contributed by atoms with Gasteiger partial charge in [0.1, 0.15) is 0 Å². The topological polar surface area (TPSA) is 24.4 Å². The van der Waals surface area contributed by atoms with Gasteiger partial charge in [-0.25, -0.2) is 0 Å². The van der Waals surface area contributed by atoms with Crippen LogP contribution < -0.4 is 5.32 Å². The van der Waals surface area contributed by atoms with E-state index in [1.165, 1.54) is 25.7 Å². The first-order valence-electron chi connectivity index (χ1n) is 7.02. The number of rotatable bonds is 2. The summed E-state index contributed by atoms with van der Waals surface area (Å²) in [5, 5.41) is 6.05. The summed E-state index contributed by atoms with van der Waals surface area (Å²) in [6.07, 6.45) is 5.21. The molecule has 5 heteroatoms. The molecule has 0 radical (unpaired) electrons. The summed E-state index contributed by atoms with van der Waals surface area (Å²) in [7, 11) is 0. The quantitative estimate of drug-likeness (QED) is 0.820. The van der Waals surface area contributed by atoms with Gasteiger partial charge in [-0.3, -0.25) is 4.99 Å². The van der Waals surface area contributed by atoms with Crippen LogP contribution in [0.5, 0.6) is 0 Å². The van der Waals surface area contributed by atoms with Gasteiger partial charge >= 0.3 is 0 Å². The summed E-state index contributed by atoms with van der Waals surface area (Å²) in [6, 6.07) is 5.66. The third-order valence-corrected chi connectivity index (χ3v) is 5.88. The van der Waals surface area contributed by atoms with E-state index in [0.29, 0.717) is 15.6 Å². The zero-order valence-corrected chi connectivity index (χ0v) is 13.8. The van der Waals surface area contributed by atoms with E-state index in [0.717, 1.165) is 16.5 Å². The Kier molecular flexibility index (Phi) is 4.21. The summed E-state index contributed by atoms with van der Waals surface area (Å²) < 4.78 is 0. The Morgan fingerprint density at radius 3 is 2.75 bits per heavy atom. The average Bonchev–Trinajstić information content (AvgIpc) is 3.00. The SMILES string of the molecule is CC(N=C1NC2(CCCC2)CS1)c1ccc(Cl)cc1Cl. The van der Waals surface area contributed by atoms with Gasteiger partial charge in [-0.15, -0.1) is 0 Å². The van der Waals surface area contributed by atoms with Crippen molar-refractivity contribution in [1.82, 2.24) is 5.32 Å². The Bertz CT molecular complexity index is 539. The van der Waals surface area contributed by atoms with Crippen LogP contribution >= 0.6 is 35.0 Å². The second-order valence-corrected chi connectivity index (χ2v) is 7.48. The Hall–Kier alpha value is -0.380. The molecule has 1 aliphatic carbocycles. The predicted molar refractivity (Wildman–Crippen MR) is 89.1 cm³/mol. The largest absolute Gasteiger partial charge is 0.359 e. The third kappa shape index (κ3) is 2.95. The monoisotopic (exact) mass is 328 g/mol. The van der Waals surface area contributed by atoms with Gasteiger partial charge < -0.3 is 5.32 Å². The Morgan fingerprint density at radius 2 is 2.05 bits per heavy atom. The average molecular weight is 329 g/mol. The molecule has 1 N–H and O–H groups in total. The molecule has 2 fully saturated rings. The molecule has 1 spiro atoms. The number of hydrogen-bond acceptors (Lipinski definition) is 2. The highest BCUT2D eigenvalue weighted by atomic mass is 35.5. The molecule has 2 aliphatic rings. The summed E-state index contributed by atoms with van der Waals surface area (Å²) in [4.78, 5) is 4.80. The van der Waals surface area contributed by atoms with Crippen LogP contribution in [0.1, 0.15) is 44.2 Å². The molecule has 1 saturated carbocycles. The number of halogens is 2. The molecule has 1 aromatic rings. The van der Waals surface area contributed by atoms with Crippen LogP contribution in [0.4, 0.5) is 0 Å². The van der Waals surface area contributed by atoms with E-state index in [1.807, 2.05) is 23.9 Å². The van der Waals surface area contributed by atoms with Gasteiger partial charge in [0.25, 0.3) is 0 Å². The number of nitrogens with one attached hydrogen (secondary N) is 1. The maximum Gasteiger partial charge on any atom is 0.157 e. The molecule has 1 aromatic carbocycles. The summed E-state index contributed by atoms with van der Waals surface area (Å²) >= 11 is 14.0. The molecule has 20 heavy (non-hydrogen) atoms. The van der Waals surface area contributed by atoms with Crippen molar-refractivity contribution in [2.75, 3.05) is 5.75 Å². The highest BCUT2D eigenvalue weighted by Gasteiger charge is 2.39. The molecule has 0 aromatic heterocycles. The fourth-order valence-corrected chi connectivity index (χ4v) is 4.84. The molecule has 108 valence electrons. The van der Waals surface area contributed by atoms with E-state index in [2.05, 4.69) is 12.2 Å². The van der Waals surface area contributed by atoms with Gasteiger partial charge in [-0.2, -0.15) is 0 Å². The molecule has 1 unspecified atom stereocenters. The Labute approximate surface area is 134 Å². The van der Waals surface area contributed by atoms with E-state index >= 15 is 0 Å². The number of benzene rings is 1. The Balaban J connectivity index is 1.75. The van der Waals surface area contributed by atoms with Crippen LogP contribution in [-0.4, -0.2) is 16.5 Å².